The molecule has 4 bridgehead atoms. The van der Waals surface area contributed by atoms with Crippen LogP contribution in [0.15, 0.2) is 10.3 Å². The summed E-state index contributed by atoms with van der Waals surface area (Å²) in [6, 6.07) is 0. The van der Waals surface area contributed by atoms with E-state index in [-0.39, 0.29) is 36.1 Å². The smallest absolute Gasteiger partial charge is 0.411 e. The maximum Gasteiger partial charge on any atom is 0.474 e. The largest absolute Gasteiger partial charge is 0.474 e. The van der Waals surface area contributed by atoms with Crippen molar-refractivity contribution in [3.63, 3.8) is 0 Å². The van der Waals surface area contributed by atoms with Gasteiger partial charge in [0.25, 0.3) is 0 Å². The molecule has 0 radical (unpaired) electrons. The van der Waals surface area contributed by atoms with Gasteiger partial charge in [-0.25, -0.2) is 0 Å². The molecular weight excluding hydrogens is 272 g/mol. The summed E-state index contributed by atoms with van der Waals surface area (Å²) < 4.78 is 0. The van der Waals surface area contributed by atoms with Crippen LogP contribution in [0.25, 0.3) is 0 Å². The first-order chi connectivity index (χ1) is 9.48. The van der Waals surface area contributed by atoms with Crippen molar-refractivity contribution < 1.29 is 20.3 Å². The summed E-state index contributed by atoms with van der Waals surface area (Å²) in [5.41, 5.74) is -2.21. The molecule has 20 heavy (non-hydrogen) atoms. The Hall–Kier alpha value is -2.26. The molecule has 4 rings (SSSR count). The lowest BCUT2D eigenvalue weighted by atomic mass is 9.50. The highest BCUT2D eigenvalue weighted by molar-refractivity contribution is 6.01. The zero-order chi connectivity index (χ0) is 14.7. The molecule has 0 spiro atoms. The van der Waals surface area contributed by atoms with Crippen molar-refractivity contribution in [3.05, 3.63) is 20.2 Å². The predicted molar refractivity (Wildman–Crippen MR) is 63.0 cm³/mol. The first kappa shape index (κ1) is 12.8. The SMILES string of the molecule is O=[N+]([O-])C1([N+](=O)[O-])C2CC3CC(CC1/C3=N/O)/C2=N\O. The Morgan fingerprint density at radius 2 is 1.35 bits per heavy atom. The molecule has 4 aliphatic carbocycles. The Kier molecular flexibility index (Phi) is 2.47. The highest BCUT2D eigenvalue weighted by Crippen LogP contribution is 2.57. The summed E-state index contributed by atoms with van der Waals surface area (Å²) in [5, 5.41) is 47.3. The minimum Gasteiger partial charge on any atom is -0.411 e. The van der Waals surface area contributed by atoms with Gasteiger partial charge in [-0.3, -0.25) is 20.2 Å². The van der Waals surface area contributed by atoms with E-state index in [0.717, 1.165) is 0 Å². The highest BCUT2D eigenvalue weighted by Gasteiger charge is 2.79. The Bertz CT molecular complexity index is 510. The van der Waals surface area contributed by atoms with Crippen LogP contribution < -0.4 is 0 Å². The minimum atomic E-state index is -2.49. The van der Waals surface area contributed by atoms with Crippen molar-refractivity contribution in [1.29, 1.82) is 0 Å². The predicted octanol–water partition coefficient (Wildman–Crippen LogP) is 0.572. The zero-order valence-electron chi connectivity index (χ0n) is 10.2. The van der Waals surface area contributed by atoms with E-state index < -0.39 is 27.3 Å². The molecule has 4 fully saturated rings. The van der Waals surface area contributed by atoms with Gasteiger partial charge in [-0.2, -0.15) is 0 Å². The molecular formula is C10H12N4O6. The fraction of sp³-hybridized carbons (Fsp3) is 0.800. The average Bonchev–Trinajstić information content (AvgIpc) is 2.38. The second-order valence-electron chi connectivity index (χ2n) is 5.55. The standard InChI is InChI=1S/C10H12N4O6/c15-11-8-4-1-5-3-7(8)10(13(17)18,14(19)20)6(2-4)9(5)12-16/h4-7,15-16H,1-3H2/b11-8+,12-9+. The molecule has 2 N–H and O–H groups in total. The van der Waals surface area contributed by atoms with Crippen LogP contribution in [0.2, 0.25) is 0 Å². The Morgan fingerprint density at radius 3 is 1.65 bits per heavy atom. The van der Waals surface area contributed by atoms with Gasteiger partial charge < -0.3 is 10.4 Å². The van der Waals surface area contributed by atoms with Gasteiger partial charge in [0.2, 0.25) is 0 Å². The van der Waals surface area contributed by atoms with Crippen LogP contribution in [-0.4, -0.2) is 37.3 Å². The first-order valence-corrected chi connectivity index (χ1v) is 6.21. The van der Waals surface area contributed by atoms with E-state index in [1.807, 2.05) is 0 Å². The molecule has 4 aliphatic rings. The molecule has 10 heteroatoms. The number of nitrogens with zero attached hydrogens (tertiary/aromatic N) is 4. The van der Waals surface area contributed by atoms with Crippen molar-refractivity contribution in [2.75, 3.05) is 0 Å². The fourth-order valence-electron chi connectivity index (χ4n) is 4.30. The van der Waals surface area contributed by atoms with Gasteiger partial charge in [0.1, 0.15) is 11.8 Å². The third-order valence-corrected chi connectivity index (χ3v) is 5.00. The molecule has 0 heterocycles. The number of nitro groups is 2. The van der Waals surface area contributed by atoms with Gasteiger partial charge in [0.05, 0.1) is 21.3 Å². The summed E-state index contributed by atoms with van der Waals surface area (Å²) in [5.74, 6) is -2.53. The van der Waals surface area contributed by atoms with Crippen molar-refractivity contribution in [2.24, 2.45) is 34.0 Å². The molecule has 4 atom stereocenters. The summed E-state index contributed by atoms with van der Waals surface area (Å²) in [4.78, 5) is 21.1. The van der Waals surface area contributed by atoms with Crippen molar-refractivity contribution in [3.8, 4) is 0 Å². The number of hydrogen-bond donors (Lipinski definition) is 2. The lowest BCUT2D eigenvalue weighted by molar-refractivity contribution is -0.813. The van der Waals surface area contributed by atoms with Crippen molar-refractivity contribution >= 4 is 11.4 Å². The van der Waals surface area contributed by atoms with E-state index in [4.69, 9.17) is 10.4 Å². The fourth-order valence-corrected chi connectivity index (χ4v) is 4.30. The highest BCUT2D eigenvalue weighted by atomic mass is 16.7. The Labute approximate surface area is 112 Å². The van der Waals surface area contributed by atoms with Crippen LogP contribution in [-0.2, 0) is 0 Å². The summed E-state index contributed by atoms with van der Waals surface area (Å²) in [6.07, 6.45) is 0.763. The molecule has 0 aliphatic heterocycles. The summed E-state index contributed by atoms with van der Waals surface area (Å²) in [7, 11) is 0. The van der Waals surface area contributed by atoms with Crippen LogP contribution in [0.5, 0.6) is 0 Å². The number of oxime groups is 2. The minimum absolute atomic E-state index is 0.105. The maximum atomic E-state index is 11.5. The first-order valence-electron chi connectivity index (χ1n) is 6.21. The van der Waals surface area contributed by atoms with E-state index in [1.165, 1.54) is 0 Å². The molecule has 0 amide bonds. The van der Waals surface area contributed by atoms with E-state index >= 15 is 0 Å². The third kappa shape index (κ3) is 1.18. The molecule has 108 valence electrons. The van der Waals surface area contributed by atoms with Crippen LogP contribution >= 0.6 is 0 Å². The van der Waals surface area contributed by atoms with Gasteiger partial charge in [0, 0.05) is 11.8 Å². The van der Waals surface area contributed by atoms with E-state index in [2.05, 4.69) is 10.3 Å². The molecule has 0 aromatic rings. The number of hydrogen-bond acceptors (Lipinski definition) is 8. The van der Waals surface area contributed by atoms with Crippen LogP contribution in [0.3, 0.4) is 0 Å². The molecule has 0 aromatic heterocycles. The lowest BCUT2D eigenvalue weighted by Gasteiger charge is -2.51. The van der Waals surface area contributed by atoms with Crippen LogP contribution in [0.4, 0.5) is 0 Å². The molecule has 4 saturated carbocycles. The summed E-state index contributed by atoms with van der Waals surface area (Å²) >= 11 is 0. The average molecular weight is 284 g/mol. The van der Waals surface area contributed by atoms with Crippen molar-refractivity contribution in [2.45, 2.75) is 24.9 Å². The van der Waals surface area contributed by atoms with Gasteiger partial charge in [0.15, 0.2) is 0 Å². The van der Waals surface area contributed by atoms with E-state index in [1.54, 1.807) is 0 Å². The van der Waals surface area contributed by atoms with Crippen LogP contribution in [0, 0.1) is 43.9 Å². The maximum absolute atomic E-state index is 11.5. The third-order valence-electron chi connectivity index (χ3n) is 5.00. The Balaban J connectivity index is 2.23. The molecule has 0 saturated heterocycles. The van der Waals surface area contributed by atoms with E-state index in [9.17, 15) is 20.2 Å². The van der Waals surface area contributed by atoms with Crippen molar-refractivity contribution in [1.82, 2.24) is 0 Å². The monoisotopic (exact) mass is 284 g/mol. The van der Waals surface area contributed by atoms with E-state index in [0.29, 0.717) is 6.42 Å². The topological polar surface area (TPSA) is 151 Å². The Morgan fingerprint density at radius 1 is 0.950 bits per heavy atom. The zero-order valence-corrected chi connectivity index (χ0v) is 10.2. The molecule has 0 aromatic carbocycles. The lowest BCUT2D eigenvalue weighted by Crippen LogP contribution is -2.72. The van der Waals surface area contributed by atoms with Gasteiger partial charge >= 0.3 is 5.66 Å². The normalized spacial score (nSPS) is 41.2. The quantitative estimate of drug-likeness (QED) is 0.327. The summed E-state index contributed by atoms with van der Waals surface area (Å²) in [6.45, 7) is 0. The van der Waals surface area contributed by atoms with Gasteiger partial charge in [-0.1, -0.05) is 10.3 Å². The number of rotatable bonds is 2. The second-order valence-corrected chi connectivity index (χ2v) is 5.55. The molecule has 10 nitrogen and oxygen atoms in total. The van der Waals surface area contributed by atoms with Gasteiger partial charge in [-0.05, 0) is 19.3 Å². The second kappa shape index (κ2) is 3.87. The van der Waals surface area contributed by atoms with Crippen LogP contribution in [0.1, 0.15) is 19.3 Å². The molecule has 4 unspecified atom stereocenters. The van der Waals surface area contributed by atoms with Gasteiger partial charge in [-0.15, -0.1) is 0 Å².